The number of aldehydes is 1. The standard InChI is InChI=1S/C16H9F7O/c1-8-6-11(17)12(14(19)13(8)18)16(22,23)15(20,21)10-4-2-9(7-24)3-5-10/h2-7H,1H3. The van der Waals surface area contributed by atoms with Crippen molar-refractivity contribution in [2.24, 2.45) is 0 Å². The van der Waals surface area contributed by atoms with Crippen LogP contribution < -0.4 is 0 Å². The second-order valence-electron chi connectivity index (χ2n) is 5.07. The minimum absolute atomic E-state index is 0.0587. The molecule has 0 bridgehead atoms. The van der Waals surface area contributed by atoms with E-state index >= 15 is 0 Å². The first kappa shape index (κ1) is 18.0. The highest BCUT2D eigenvalue weighted by Gasteiger charge is 2.61. The molecule has 0 radical (unpaired) electrons. The maximum Gasteiger partial charge on any atom is 0.345 e. The van der Waals surface area contributed by atoms with Gasteiger partial charge in [-0.25, -0.2) is 13.2 Å². The Kier molecular flexibility index (Phi) is 4.43. The van der Waals surface area contributed by atoms with Gasteiger partial charge in [-0.15, -0.1) is 0 Å². The molecule has 0 aliphatic rings. The van der Waals surface area contributed by atoms with E-state index in [9.17, 15) is 35.5 Å². The lowest BCUT2D eigenvalue weighted by atomic mass is 9.93. The molecule has 24 heavy (non-hydrogen) atoms. The van der Waals surface area contributed by atoms with E-state index in [1.165, 1.54) is 0 Å². The zero-order valence-corrected chi connectivity index (χ0v) is 12.0. The van der Waals surface area contributed by atoms with Crippen LogP contribution in [0, 0.1) is 24.4 Å². The average molecular weight is 350 g/mol. The molecule has 0 heterocycles. The number of carbonyl (C=O) groups excluding carboxylic acids is 1. The van der Waals surface area contributed by atoms with E-state index in [2.05, 4.69) is 0 Å². The molecule has 0 fully saturated rings. The number of carbonyl (C=O) groups is 1. The molecule has 0 saturated heterocycles. The first-order chi connectivity index (χ1) is 11.0. The summed E-state index contributed by atoms with van der Waals surface area (Å²) < 4.78 is 97.5. The second-order valence-corrected chi connectivity index (χ2v) is 5.07. The van der Waals surface area contributed by atoms with Crippen LogP contribution in [0.3, 0.4) is 0 Å². The smallest absolute Gasteiger partial charge is 0.298 e. The van der Waals surface area contributed by atoms with E-state index in [1.54, 1.807) is 0 Å². The van der Waals surface area contributed by atoms with Gasteiger partial charge in [-0.1, -0.05) is 24.3 Å². The van der Waals surface area contributed by atoms with Gasteiger partial charge >= 0.3 is 11.8 Å². The zero-order chi connectivity index (χ0) is 18.3. The number of aryl methyl sites for hydroxylation is 1. The van der Waals surface area contributed by atoms with Crippen LogP contribution in [0.4, 0.5) is 30.7 Å². The Labute approximate surface area is 131 Å². The van der Waals surface area contributed by atoms with Crippen LogP contribution in [0.15, 0.2) is 30.3 Å². The lowest BCUT2D eigenvalue weighted by molar-refractivity contribution is -0.226. The highest BCUT2D eigenvalue weighted by Crippen LogP contribution is 2.51. The molecule has 0 saturated carbocycles. The molecular formula is C16H9F7O. The van der Waals surface area contributed by atoms with Gasteiger partial charge < -0.3 is 0 Å². The third-order valence-corrected chi connectivity index (χ3v) is 3.46. The van der Waals surface area contributed by atoms with Gasteiger partial charge in [0.1, 0.15) is 17.7 Å². The largest absolute Gasteiger partial charge is 0.345 e. The van der Waals surface area contributed by atoms with Crippen LogP contribution in [-0.2, 0) is 11.8 Å². The number of halogens is 7. The Morgan fingerprint density at radius 3 is 1.92 bits per heavy atom. The Bertz CT molecular complexity index is 782. The lowest BCUT2D eigenvalue weighted by Gasteiger charge is -2.28. The third kappa shape index (κ3) is 2.65. The van der Waals surface area contributed by atoms with Crippen molar-refractivity contribution < 1.29 is 35.5 Å². The van der Waals surface area contributed by atoms with E-state index in [4.69, 9.17) is 0 Å². The maximum absolute atomic E-state index is 14.2. The normalized spacial score (nSPS) is 12.3. The van der Waals surface area contributed by atoms with Crippen LogP contribution in [0.25, 0.3) is 0 Å². The highest BCUT2D eigenvalue weighted by atomic mass is 19.3. The third-order valence-electron chi connectivity index (χ3n) is 3.46. The fraction of sp³-hybridized carbons (Fsp3) is 0.188. The predicted molar refractivity (Wildman–Crippen MR) is 70.7 cm³/mol. The average Bonchev–Trinajstić information content (AvgIpc) is 2.52. The van der Waals surface area contributed by atoms with Crippen LogP contribution >= 0.6 is 0 Å². The van der Waals surface area contributed by atoms with Gasteiger partial charge in [-0.05, 0) is 18.6 Å². The summed E-state index contributed by atoms with van der Waals surface area (Å²) >= 11 is 0. The first-order valence-electron chi connectivity index (χ1n) is 6.50. The van der Waals surface area contributed by atoms with Gasteiger partial charge in [0.25, 0.3) is 0 Å². The van der Waals surface area contributed by atoms with Gasteiger partial charge in [0, 0.05) is 11.1 Å². The van der Waals surface area contributed by atoms with Crippen LogP contribution in [0.1, 0.15) is 27.0 Å². The van der Waals surface area contributed by atoms with Crippen molar-refractivity contribution in [3.05, 3.63) is 70.0 Å². The molecule has 2 rings (SSSR count). The number of alkyl halides is 4. The summed E-state index contributed by atoms with van der Waals surface area (Å²) in [7, 11) is 0. The van der Waals surface area contributed by atoms with E-state index in [0.717, 1.165) is 19.1 Å². The van der Waals surface area contributed by atoms with Gasteiger partial charge in [0.15, 0.2) is 11.6 Å². The van der Waals surface area contributed by atoms with Crippen LogP contribution in [-0.4, -0.2) is 6.29 Å². The van der Waals surface area contributed by atoms with Crippen LogP contribution in [0.5, 0.6) is 0 Å². The van der Waals surface area contributed by atoms with Gasteiger partial charge in [0.2, 0.25) is 0 Å². The first-order valence-corrected chi connectivity index (χ1v) is 6.50. The molecule has 1 nitrogen and oxygen atoms in total. The van der Waals surface area contributed by atoms with Crippen LogP contribution in [0.2, 0.25) is 0 Å². The van der Waals surface area contributed by atoms with Crippen molar-refractivity contribution in [3.63, 3.8) is 0 Å². The molecule has 0 aliphatic heterocycles. The van der Waals surface area contributed by atoms with Crippen molar-refractivity contribution in [1.29, 1.82) is 0 Å². The molecule has 0 aromatic heterocycles. The van der Waals surface area contributed by atoms with E-state index in [1.807, 2.05) is 0 Å². The summed E-state index contributed by atoms with van der Waals surface area (Å²) in [5.41, 5.74) is -4.33. The van der Waals surface area contributed by atoms with Gasteiger partial charge in [-0.3, -0.25) is 4.79 Å². The summed E-state index contributed by atoms with van der Waals surface area (Å²) in [6.45, 7) is 0.902. The van der Waals surface area contributed by atoms with Gasteiger partial charge in [-0.2, -0.15) is 17.6 Å². The number of hydrogen-bond donors (Lipinski definition) is 0. The fourth-order valence-electron chi connectivity index (χ4n) is 2.11. The SMILES string of the molecule is Cc1cc(F)c(C(F)(F)C(F)(F)c2ccc(C=O)cc2)c(F)c1F. The van der Waals surface area contributed by atoms with E-state index < -0.39 is 46.0 Å². The highest BCUT2D eigenvalue weighted by molar-refractivity contribution is 5.74. The van der Waals surface area contributed by atoms with Crippen molar-refractivity contribution in [2.45, 2.75) is 18.8 Å². The van der Waals surface area contributed by atoms with E-state index in [0.29, 0.717) is 18.4 Å². The summed E-state index contributed by atoms with van der Waals surface area (Å²) in [6.07, 6.45) is 0.300. The van der Waals surface area contributed by atoms with Gasteiger partial charge in [0.05, 0.1) is 0 Å². The van der Waals surface area contributed by atoms with Crippen molar-refractivity contribution in [3.8, 4) is 0 Å². The summed E-state index contributed by atoms with van der Waals surface area (Å²) in [6, 6.07) is 2.95. The Hall–Kier alpha value is -2.38. The summed E-state index contributed by atoms with van der Waals surface area (Å²) in [5, 5.41) is 0. The maximum atomic E-state index is 14.2. The van der Waals surface area contributed by atoms with Crippen molar-refractivity contribution >= 4 is 6.29 Å². The van der Waals surface area contributed by atoms with Crippen molar-refractivity contribution in [2.75, 3.05) is 0 Å². The Morgan fingerprint density at radius 1 is 0.875 bits per heavy atom. The molecular weight excluding hydrogens is 341 g/mol. The molecule has 0 spiro atoms. The number of rotatable bonds is 4. The minimum atomic E-state index is -5.36. The molecule has 0 amide bonds. The molecule has 128 valence electrons. The zero-order valence-electron chi connectivity index (χ0n) is 12.0. The minimum Gasteiger partial charge on any atom is -0.298 e. The molecule has 0 atom stereocenters. The second kappa shape index (κ2) is 5.92. The Balaban J connectivity index is 2.63. The predicted octanol–water partition coefficient (Wildman–Crippen LogP) is 5.11. The molecule has 2 aromatic carbocycles. The fourth-order valence-corrected chi connectivity index (χ4v) is 2.11. The monoisotopic (exact) mass is 350 g/mol. The molecule has 8 heteroatoms. The van der Waals surface area contributed by atoms with E-state index in [-0.39, 0.29) is 11.6 Å². The van der Waals surface area contributed by atoms with Crippen molar-refractivity contribution in [1.82, 2.24) is 0 Å². The number of benzene rings is 2. The molecule has 0 aliphatic carbocycles. The Morgan fingerprint density at radius 2 is 1.42 bits per heavy atom. The quantitative estimate of drug-likeness (QED) is 0.426. The summed E-state index contributed by atoms with van der Waals surface area (Å²) in [4.78, 5) is 10.5. The molecule has 0 unspecified atom stereocenters. The number of hydrogen-bond acceptors (Lipinski definition) is 1. The molecule has 0 N–H and O–H groups in total. The lowest BCUT2D eigenvalue weighted by Crippen LogP contribution is -2.37. The topological polar surface area (TPSA) is 17.1 Å². The summed E-state index contributed by atoms with van der Waals surface area (Å²) in [5.74, 6) is -16.6. The molecule has 2 aromatic rings.